The Morgan fingerprint density at radius 2 is 1.69 bits per heavy atom. The summed E-state index contributed by atoms with van der Waals surface area (Å²) in [5.74, 6) is -0.550. The van der Waals surface area contributed by atoms with Gasteiger partial charge in [-0.25, -0.2) is 4.68 Å². The zero-order valence-electron chi connectivity index (χ0n) is 25.9. The third-order valence-corrected chi connectivity index (χ3v) is 9.38. The Morgan fingerprint density at radius 3 is 2.36 bits per heavy atom. The van der Waals surface area contributed by atoms with Crippen LogP contribution >= 0.6 is 0 Å². The highest BCUT2D eigenvalue weighted by Gasteiger charge is 2.51. The van der Waals surface area contributed by atoms with Gasteiger partial charge in [-0.05, 0) is 62.9 Å². The summed E-state index contributed by atoms with van der Waals surface area (Å²) >= 11 is 0. The molecule has 0 bridgehead atoms. The van der Waals surface area contributed by atoms with Gasteiger partial charge in [-0.2, -0.15) is 0 Å². The number of nitrogens with zero attached hydrogens (tertiary/aromatic N) is 4. The number of aliphatic hydroxyl groups excluding tert-OH is 1. The summed E-state index contributed by atoms with van der Waals surface area (Å²) in [6.45, 7) is 3.53. The minimum absolute atomic E-state index is 0.0164. The second-order valence-corrected chi connectivity index (χ2v) is 11.9. The largest absolute Gasteiger partial charge is 0.459 e. The van der Waals surface area contributed by atoms with Gasteiger partial charge < -0.3 is 29.7 Å². The maximum absolute atomic E-state index is 14.0. The van der Waals surface area contributed by atoms with E-state index in [1.54, 1.807) is 15.7 Å². The lowest BCUT2D eigenvalue weighted by Gasteiger charge is -2.43. The SMILES string of the molecule is Cc1c([C@@H]2C=C(C(=O)N3CCC4(CC3)C(=O)NCN4c3ccccc3)O[C@H](OCCCCO)C2)c(=O)n(-c2ccccc2)n1C. The molecule has 45 heavy (non-hydrogen) atoms. The maximum atomic E-state index is 14.0. The number of rotatable bonds is 9. The van der Waals surface area contributed by atoms with Gasteiger partial charge in [0.2, 0.25) is 12.2 Å². The number of hydrogen-bond acceptors (Lipinski definition) is 7. The van der Waals surface area contributed by atoms with Crippen molar-refractivity contribution in [2.24, 2.45) is 7.05 Å². The Kier molecular flexibility index (Phi) is 8.82. The molecule has 0 aliphatic carbocycles. The zero-order valence-corrected chi connectivity index (χ0v) is 25.9. The van der Waals surface area contributed by atoms with Crippen molar-refractivity contribution in [3.8, 4) is 5.69 Å². The second-order valence-electron chi connectivity index (χ2n) is 11.9. The summed E-state index contributed by atoms with van der Waals surface area (Å²) in [4.78, 5) is 44.9. The molecule has 238 valence electrons. The van der Waals surface area contributed by atoms with Crippen LogP contribution in [0.25, 0.3) is 5.69 Å². The molecule has 1 aromatic heterocycles. The normalized spacial score (nSPS) is 21.0. The number of aromatic nitrogens is 2. The van der Waals surface area contributed by atoms with Crippen molar-refractivity contribution in [2.75, 3.05) is 37.9 Å². The molecule has 2 atom stereocenters. The average Bonchev–Trinajstić information content (AvgIpc) is 3.50. The third kappa shape index (κ3) is 5.78. The van der Waals surface area contributed by atoms with E-state index in [4.69, 9.17) is 9.47 Å². The number of carbonyl (C=O) groups is 2. The van der Waals surface area contributed by atoms with Crippen LogP contribution in [0, 0.1) is 6.92 Å². The quantitative estimate of drug-likeness (QED) is 0.356. The van der Waals surface area contributed by atoms with E-state index >= 15 is 0 Å². The van der Waals surface area contributed by atoms with E-state index in [1.807, 2.05) is 79.3 Å². The van der Waals surface area contributed by atoms with Gasteiger partial charge in [0, 0.05) is 56.0 Å². The Labute approximate surface area is 262 Å². The van der Waals surface area contributed by atoms with Crippen molar-refractivity contribution in [1.29, 1.82) is 0 Å². The first-order valence-electron chi connectivity index (χ1n) is 15.7. The van der Waals surface area contributed by atoms with E-state index in [0.29, 0.717) is 64.0 Å². The number of likely N-dealkylation sites (tertiary alicyclic amines) is 1. The van der Waals surface area contributed by atoms with Crippen LogP contribution in [0.4, 0.5) is 5.69 Å². The number of unbranched alkanes of at least 4 members (excludes halogenated alkanes) is 1. The molecule has 1 spiro atoms. The van der Waals surface area contributed by atoms with Gasteiger partial charge in [-0.15, -0.1) is 0 Å². The number of aliphatic hydroxyl groups is 1. The van der Waals surface area contributed by atoms with Crippen LogP contribution in [0.3, 0.4) is 0 Å². The van der Waals surface area contributed by atoms with E-state index < -0.39 is 17.7 Å². The highest BCUT2D eigenvalue weighted by Crippen LogP contribution is 2.38. The molecule has 0 radical (unpaired) electrons. The molecule has 6 rings (SSSR count). The van der Waals surface area contributed by atoms with Gasteiger partial charge in [0.1, 0.15) is 5.54 Å². The molecule has 0 unspecified atom stereocenters. The topological polar surface area (TPSA) is 118 Å². The number of amides is 2. The van der Waals surface area contributed by atoms with Gasteiger partial charge in [0.05, 0.1) is 19.0 Å². The molecule has 4 heterocycles. The van der Waals surface area contributed by atoms with E-state index in [2.05, 4.69) is 10.2 Å². The van der Waals surface area contributed by atoms with Crippen LogP contribution in [0.5, 0.6) is 0 Å². The molecular formula is C34H41N5O6. The highest BCUT2D eigenvalue weighted by molar-refractivity contribution is 5.95. The smallest absolute Gasteiger partial charge is 0.288 e. The Morgan fingerprint density at radius 1 is 1.02 bits per heavy atom. The molecular weight excluding hydrogens is 574 g/mol. The minimum atomic E-state index is -0.730. The standard InChI is InChI=1S/C34H41N5O6/c1-24-30(32(42)39(36(24)2)27-13-7-4-8-14-27)25-21-28(45-29(22-25)44-20-10-9-19-40)31(41)37-17-15-34(16-18-37)33(43)35-23-38(34)26-11-5-3-6-12-26/h3-8,11-14,21,25,29,40H,9-10,15-20,22-23H2,1-2H3,(H,35,43)/t25-,29+/m1/s1. The van der Waals surface area contributed by atoms with Crippen LogP contribution in [-0.4, -0.2) is 76.0 Å². The molecule has 3 aromatic rings. The number of allylic oxidation sites excluding steroid dienone is 1. The Hall–Kier alpha value is -4.35. The summed E-state index contributed by atoms with van der Waals surface area (Å²) in [6, 6.07) is 19.3. The van der Waals surface area contributed by atoms with Crippen LogP contribution in [-0.2, 0) is 26.1 Å². The summed E-state index contributed by atoms with van der Waals surface area (Å²) in [5.41, 5.74) is 2.25. The Bertz CT molecular complexity index is 1610. The van der Waals surface area contributed by atoms with Gasteiger partial charge in [-0.3, -0.25) is 19.1 Å². The van der Waals surface area contributed by atoms with Crippen molar-refractivity contribution in [3.63, 3.8) is 0 Å². The predicted molar refractivity (Wildman–Crippen MR) is 169 cm³/mol. The third-order valence-electron chi connectivity index (χ3n) is 9.38. The lowest BCUT2D eigenvalue weighted by atomic mass is 9.85. The monoisotopic (exact) mass is 615 g/mol. The molecule has 11 nitrogen and oxygen atoms in total. The maximum Gasteiger partial charge on any atom is 0.288 e. The van der Waals surface area contributed by atoms with Gasteiger partial charge in [0.25, 0.3) is 11.5 Å². The van der Waals surface area contributed by atoms with Crippen LogP contribution in [0.2, 0.25) is 0 Å². The van der Waals surface area contributed by atoms with E-state index in [9.17, 15) is 19.5 Å². The minimum Gasteiger partial charge on any atom is -0.459 e. The molecule has 3 aliphatic heterocycles. The number of piperidine rings is 1. The summed E-state index contributed by atoms with van der Waals surface area (Å²) in [5, 5.41) is 12.2. The van der Waals surface area contributed by atoms with Crippen molar-refractivity contribution in [1.82, 2.24) is 19.6 Å². The fourth-order valence-corrected chi connectivity index (χ4v) is 6.82. The van der Waals surface area contributed by atoms with Gasteiger partial charge in [0.15, 0.2) is 5.76 Å². The molecule has 0 saturated carbocycles. The van der Waals surface area contributed by atoms with Crippen molar-refractivity contribution >= 4 is 17.5 Å². The van der Waals surface area contributed by atoms with E-state index in [0.717, 1.165) is 17.1 Å². The molecule has 2 amide bonds. The first-order chi connectivity index (χ1) is 21.8. The number of benzene rings is 2. The van der Waals surface area contributed by atoms with E-state index in [-0.39, 0.29) is 29.7 Å². The first kappa shape index (κ1) is 30.7. The fourth-order valence-electron chi connectivity index (χ4n) is 6.82. The Balaban J connectivity index is 1.26. The van der Waals surface area contributed by atoms with Gasteiger partial charge >= 0.3 is 0 Å². The van der Waals surface area contributed by atoms with Gasteiger partial charge in [-0.1, -0.05) is 36.4 Å². The van der Waals surface area contributed by atoms with Crippen LogP contribution < -0.4 is 15.8 Å². The first-order valence-corrected chi connectivity index (χ1v) is 15.7. The number of nitrogens with one attached hydrogen (secondary N) is 1. The molecule has 2 saturated heterocycles. The molecule has 2 N–H and O–H groups in total. The summed E-state index contributed by atoms with van der Waals surface area (Å²) in [7, 11) is 1.85. The van der Waals surface area contributed by atoms with Crippen molar-refractivity contribution in [2.45, 2.75) is 56.8 Å². The highest BCUT2D eigenvalue weighted by atomic mass is 16.7. The van der Waals surface area contributed by atoms with Crippen LogP contribution in [0.1, 0.15) is 49.3 Å². The summed E-state index contributed by atoms with van der Waals surface area (Å²) < 4.78 is 15.7. The number of hydrogen-bond donors (Lipinski definition) is 2. The van der Waals surface area contributed by atoms with Crippen molar-refractivity contribution in [3.05, 3.63) is 94.1 Å². The molecule has 3 aliphatic rings. The lowest BCUT2D eigenvalue weighted by Crippen LogP contribution is -2.57. The molecule has 11 heteroatoms. The predicted octanol–water partition coefficient (Wildman–Crippen LogP) is 2.94. The zero-order chi connectivity index (χ0) is 31.6. The number of ether oxygens (including phenoxy) is 2. The number of anilines is 1. The summed E-state index contributed by atoms with van der Waals surface area (Å²) in [6.07, 6.45) is 3.62. The van der Waals surface area contributed by atoms with E-state index in [1.165, 1.54) is 0 Å². The second kappa shape index (κ2) is 12.9. The number of para-hydroxylation sites is 2. The van der Waals surface area contributed by atoms with Crippen LogP contribution in [0.15, 0.2) is 77.3 Å². The lowest BCUT2D eigenvalue weighted by molar-refractivity contribution is -0.154. The molecule has 2 aromatic carbocycles. The van der Waals surface area contributed by atoms with Crippen molar-refractivity contribution < 1.29 is 24.2 Å². The fraction of sp³-hybridized carbons (Fsp3) is 0.441. The number of carbonyl (C=O) groups excluding carboxylic acids is 2. The molecule has 2 fully saturated rings. The average molecular weight is 616 g/mol.